The summed E-state index contributed by atoms with van der Waals surface area (Å²) >= 11 is 0. The molecule has 2 aromatic heterocycles. The fourth-order valence-corrected chi connectivity index (χ4v) is 3.92. The van der Waals surface area contributed by atoms with E-state index >= 15 is 0 Å². The minimum absolute atomic E-state index is 0. The van der Waals surface area contributed by atoms with Crippen LogP contribution in [0.1, 0.15) is 18.9 Å². The first-order valence-corrected chi connectivity index (χ1v) is 7.56. The number of nitrogens with zero attached hydrogens (tertiary/aromatic N) is 2. The second kappa shape index (κ2) is 6.61. The topological polar surface area (TPSA) is 52.1 Å². The summed E-state index contributed by atoms with van der Waals surface area (Å²) in [5, 5.41) is 11.5. The Morgan fingerprint density at radius 2 is 2.32 bits per heavy atom. The Morgan fingerprint density at radius 1 is 1.50 bits per heavy atom. The minimum atomic E-state index is -0.521. The maximum absolute atomic E-state index is 10.4. The number of aromatic amines is 1. The molecular formula is C16H19BN3ORb. The van der Waals surface area contributed by atoms with Crippen molar-refractivity contribution in [1.82, 2.24) is 14.9 Å². The number of pyridine rings is 1. The van der Waals surface area contributed by atoms with Crippen molar-refractivity contribution >= 4 is 29.0 Å². The zero-order valence-corrected chi connectivity index (χ0v) is 18.1. The summed E-state index contributed by atoms with van der Waals surface area (Å²) < 4.78 is 0. The Kier molecular flexibility index (Phi) is 5.13. The third-order valence-electron chi connectivity index (χ3n) is 4.95. The van der Waals surface area contributed by atoms with Crippen LogP contribution in [0.25, 0.3) is 16.6 Å². The van der Waals surface area contributed by atoms with Crippen molar-refractivity contribution < 1.29 is 63.2 Å². The molecule has 6 heteroatoms. The predicted octanol–water partition coefficient (Wildman–Crippen LogP) is -1.56. The van der Waals surface area contributed by atoms with E-state index in [1.54, 1.807) is 0 Å². The fraction of sp³-hybridized carbons (Fsp3) is 0.375. The third kappa shape index (κ3) is 2.74. The molecule has 0 saturated carbocycles. The first kappa shape index (κ1) is 17.1. The first-order valence-electron chi connectivity index (χ1n) is 7.56. The molecule has 2 atom stereocenters. The van der Waals surface area contributed by atoms with Crippen LogP contribution >= 0.6 is 0 Å². The Bertz CT molecular complexity index is 729. The molecular weight excluding hydrogens is 346 g/mol. The van der Waals surface area contributed by atoms with E-state index in [1.165, 1.54) is 11.1 Å². The van der Waals surface area contributed by atoms with Gasteiger partial charge < -0.3 is 14.9 Å². The zero-order valence-electron chi connectivity index (χ0n) is 13.2. The van der Waals surface area contributed by atoms with Gasteiger partial charge in [0.05, 0.1) is 0 Å². The fourth-order valence-electron chi connectivity index (χ4n) is 3.92. The van der Waals surface area contributed by atoms with Gasteiger partial charge in [0.1, 0.15) is 5.65 Å². The number of nitrogens with one attached hydrogen (secondary N) is 1. The van der Waals surface area contributed by atoms with Crippen molar-refractivity contribution in [3.8, 4) is 0 Å². The molecule has 4 nitrogen and oxygen atoms in total. The van der Waals surface area contributed by atoms with Crippen molar-refractivity contribution in [2.24, 2.45) is 11.8 Å². The van der Waals surface area contributed by atoms with Gasteiger partial charge >= 0.3 is 65.1 Å². The molecule has 0 aromatic carbocycles. The van der Waals surface area contributed by atoms with E-state index in [1.807, 2.05) is 18.4 Å². The summed E-state index contributed by atoms with van der Waals surface area (Å²) in [5.41, 5.74) is 4.34. The number of allylic oxidation sites excluding steroid dienone is 1. The van der Waals surface area contributed by atoms with Crippen LogP contribution in [0.5, 0.6) is 0 Å². The average Bonchev–Trinajstić information content (AvgIpc) is 3.03. The largest absolute Gasteiger partial charge is 1.00 e. The van der Waals surface area contributed by atoms with E-state index in [0.717, 1.165) is 36.0 Å². The van der Waals surface area contributed by atoms with Crippen LogP contribution in [-0.2, 0) is 0 Å². The van der Waals surface area contributed by atoms with Crippen LogP contribution in [0.4, 0.5) is 0 Å². The number of hydrogen-bond acceptors (Lipinski definition) is 3. The number of aromatic nitrogens is 2. The maximum Gasteiger partial charge on any atom is 1.00 e. The summed E-state index contributed by atoms with van der Waals surface area (Å²) in [5.74, 6) is 3.06. The van der Waals surface area contributed by atoms with Crippen molar-refractivity contribution in [3.63, 3.8) is 0 Å². The quantitative estimate of drug-likeness (QED) is 0.475. The molecule has 0 aliphatic carbocycles. The van der Waals surface area contributed by atoms with Gasteiger partial charge in [0.15, 0.2) is 0 Å². The molecule has 2 N–H and O–H groups in total. The van der Waals surface area contributed by atoms with E-state index in [4.69, 9.17) is 0 Å². The molecule has 0 spiro atoms. The number of piperidine rings is 1. The zero-order chi connectivity index (χ0) is 14.6. The summed E-state index contributed by atoms with van der Waals surface area (Å²) in [7, 11) is 4.06. The summed E-state index contributed by atoms with van der Waals surface area (Å²) in [6, 6.07) is 2.06. The number of rotatable bonds is 1. The molecule has 1 saturated heterocycles. The van der Waals surface area contributed by atoms with Crippen LogP contribution in [-0.4, -0.2) is 39.9 Å². The van der Waals surface area contributed by atoms with Gasteiger partial charge in [-0.25, -0.2) is 4.98 Å². The van der Waals surface area contributed by atoms with E-state index in [0.29, 0.717) is 11.8 Å². The van der Waals surface area contributed by atoms with E-state index in [-0.39, 0.29) is 58.2 Å². The molecule has 2 aromatic rings. The standard InChI is InChI=1S/C16H19BN3O.Rb/c1-10-9-20(2)6-4-11(10)13-7-17(21)14-8-19-16-12(15(13)14)3-5-18-16;/h3,5,7-8,10-11,21H,2,4,6,9H2,1H3,(H,18,19);/q-1;+1. The molecule has 0 radical (unpaired) electrons. The Labute approximate surface area is 180 Å². The molecule has 1 fully saturated rings. The maximum atomic E-state index is 10.4. The second-order valence-corrected chi connectivity index (χ2v) is 6.34. The van der Waals surface area contributed by atoms with Gasteiger partial charge in [-0.05, 0) is 54.0 Å². The number of H-pyrrole nitrogens is 1. The second-order valence-electron chi connectivity index (χ2n) is 6.34. The van der Waals surface area contributed by atoms with Gasteiger partial charge in [0.2, 0.25) is 0 Å². The van der Waals surface area contributed by atoms with Gasteiger partial charge in [0, 0.05) is 17.8 Å². The molecule has 4 heterocycles. The predicted molar refractivity (Wildman–Crippen MR) is 85.9 cm³/mol. The molecule has 0 amide bonds. The van der Waals surface area contributed by atoms with Crippen molar-refractivity contribution in [2.45, 2.75) is 13.3 Å². The molecule has 108 valence electrons. The first-order chi connectivity index (χ1) is 10.1. The summed E-state index contributed by atoms with van der Waals surface area (Å²) in [6.45, 7) is 3.78. The van der Waals surface area contributed by atoms with Gasteiger partial charge in [-0.15, -0.1) is 0 Å². The van der Waals surface area contributed by atoms with E-state index in [9.17, 15) is 5.02 Å². The Balaban J connectivity index is 0.00000144. The van der Waals surface area contributed by atoms with Crippen molar-refractivity contribution in [3.05, 3.63) is 37.0 Å². The Hall–Kier alpha value is 0.220. The molecule has 22 heavy (non-hydrogen) atoms. The average molecular weight is 366 g/mol. The van der Waals surface area contributed by atoms with Gasteiger partial charge in [-0.1, -0.05) is 12.9 Å². The van der Waals surface area contributed by atoms with Gasteiger partial charge in [-0.3, -0.25) is 7.05 Å². The molecule has 2 unspecified atom stereocenters. The minimum Gasteiger partial charge on any atom is -0.459 e. The van der Waals surface area contributed by atoms with Crippen LogP contribution < -0.4 is 63.7 Å². The van der Waals surface area contributed by atoms with Crippen molar-refractivity contribution in [1.29, 1.82) is 0 Å². The molecule has 0 bridgehead atoms. The normalized spacial score (nSPS) is 25.0. The summed E-state index contributed by atoms with van der Waals surface area (Å²) in [4.78, 5) is 9.72. The SMILES string of the molecule is [CH2-]N1CCC(C2=CB(O)c3cnc4[nH]ccc4c32)C(C)C1.[Rb+]. The summed E-state index contributed by atoms with van der Waals surface area (Å²) in [6.07, 6.45) is 4.82. The Morgan fingerprint density at radius 3 is 3.09 bits per heavy atom. The molecule has 2 aliphatic heterocycles. The molecule has 4 rings (SSSR count). The van der Waals surface area contributed by atoms with E-state index in [2.05, 4.69) is 34.9 Å². The van der Waals surface area contributed by atoms with E-state index < -0.39 is 6.92 Å². The van der Waals surface area contributed by atoms with Gasteiger partial charge in [-0.2, -0.15) is 0 Å². The number of fused-ring (bicyclic) bond motifs is 3. The van der Waals surface area contributed by atoms with Crippen LogP contribution in [0.3, 0.4) is 0 Å². The van der Waals surface area contributed by atoms with Crippen LogP contribution in [0.15, 0.2) is 24.4 Å². The number of hydrogen-bond donors (Lipinski definition) is 2. The van der Waals surface area contributed by atoms with Gasteiger partial charge in [0.25, 0.3) is 0 Å². The smallest absolute Gasteiger partial charge is 0.459 e. The van der Waals surface area contributed by atoms with Crippen molar-refractivity contribution in [2.75, 3.05) is 13.1 Å². The monoisotopic (exact) mass is 365 g/mol. The van der Waals surface area contributed by atoms with Crippen LogP contribution in [0.2, 0.25) is 0 Å². The third-order valence-corrected chi connectivity index (χ3v) is 4.95. The number of likely N-dealkylation sites (tertiary alicyclic amines) is 1. The van der Waals surface area contributed by atoms with Crippen LogP contribution in [0, 0.1) is 18.9 Å². The molecule has 2 aliphatic rings.